The molecule has 0 saturated carbocycles. The second-order valence-electron chi connectivity index (χ2n) is 6.81. The van der Waals surface area contributed by atoms with E-state index in [1.807, 2.05) is 37.3 Å². The first-order valence-corrected chi connectivity index (χ1v) is 11.3. The number of para-hydroxylation sites is 1. The summed E-state index contributed by atoms with van der Waals surface area (Å²) in [7, 11) is -3.59. The second kappa shape index (κ2) is 9.49. The van der Waals surface area contributed by atoms with E-state index in [4.69, 9.17) is 8.60 Å². The Morgan fingerprint density at radius 3 is 2.40 bits per heavy atom. The zero-order chi connectivity index (χ0) is 21.6. The molecule has 2 aromatic carbocycles. The molecule has 3 aromatic rings. The summed E-state index contributed by atoms with van der Waals surface area (Å²) < 4.78 is 32.8. The summed E-state index contributed by atoms with van der Waals surface area (Å²) in [6.07, 6.45) is 3.36. The number of urea groups is 1. The quantitative estimate of drug-likeness (QED) is 0.537. The van der Waals surface area contributed by atoms with Gasteiger partial charge in [0.1, 0.15) is 11.5 Å². The van der Waals surface area contributed by atoms with Crippen LogP contribution in [0.4, 0.5) is 10.5 Å². The molecule has 0 aliphatic carbocycles. The van der Waals surface area contributed by atoms with E-state index in [9.17, 15) is 13.2 Å². The van der Waals surface area contributed by atoms with Crippen LogP contribution in [0.2, 0.25) is 0 Å². The highest BCUT2D eigenvalue weighted by molar-refractivity contribution is 7.86. The van der Waals surface area contributed by atoms with Crippen molar-refractivity contribution in [1.82, 2.24) is 4.90 Å². The smallest absolute Gasteiger partial charge is 0.322 e. The summed E-state index contributed by atoms with van der Waals surface area (Å²) >= 11 is 0. The second-order valence-corrected chi connectivity index (χ2v) is 8.38. The Hall–Kier alpha value is -3.26. The van der Waals surface area contributed by atoms with Crippen LogP contribution in [0.5, 0.6) is 5.75 Å². The fourth-order valence-corrected chi connectivity index (χ4v) is 3.44. The highest BCUT2D eigenvalue weighted by Crippen LogP contribution is 2.20. The molecule has 0 spiro atoms. The van der Waals surface area contributed by atoms with E-state index in [1.165, 1.54) is 0 Å². The number of carbonyl (C=O) groups excluding carboxylic acids is 1. The van der Waals surface area contributed by atoms with Gasteiger partial charge in [-0.1, -0.05) is 37.3 Å². The lowest BCUT2D eigenvalue weighted by Crippen LogP contribution is -2.34. The third-order valence-corrected chi connectivity index (χ3v) is 4.89. The minimum absolute atomic E-state index is 0.222. The number of amides is 2. The van der Waals surface area contributed by atoms with Gasteiger partial charge in [-0.25, -0.2) is 4.79 Å². The average Bonchev–Trinajstić information content (AvgIpc) is 3.21. The van der Waals surface area contributed by atoms with E-state index in [-0.39, 0.29) is 18.3 Å². The normalized spacial score (nSPS) is 11.1. The minimum atomic E-state index is -3.59. The molecule has 1 heterocycles. The molecule has 30 heavy (non-hydrogen) atoms. The van der Waals surface area contributed by atoms with Crippen molar-refractivity contribution in [2.75, 3.05) is 11.6 Å². The van der Waals surface area contributed by atoms with Crippen molar-refractivity contribution in [2.45, 2.75) is 26.4 Å². The van der Waals surface area contributed by atoms with E-state index in [2.05, 4.69) is 5.32 Å². The number of carbonyl (C=O) groups is 1. The first kappa shape index (κ1) is 21.4. The molecule has 0 unspecified atom stereocenters. The molecule has 1 aromatic heterocycles. The van der Waals surface area contributed by atoms with Crippen LogP contribution >= 0.6 is 0 Å². The number of benzene rings is 2. The predicted molar refractivity (Wildman–Crippen MR) is 115 cm³/mol. The van der Waals surface area contributed by atoms with E-state index in [1.54, 1.807) is 41.5 Å². The number of aryl methyl sites for hydroxylation is 1. The van der Waals surface area contributed by atoms with E-state index < -0.39 is 10.1 Å². The van der Waals surface area contributed by atoms with Crippen molar-refractivity contribution >= 4 is 21.8 Å². The summed E-state index contributed by atoms with van der Waals surface area (Å²) in [5.74, 6) is 0.881. The number of furan rings is 1. The zero-order valence-corrected chi connectivity index (χ0v) is 17.7. The fourth-order valence-electron chi connectivity index (χ4n) is 2.98. The van der Waals surface area contributed by atoms with Gasteiger partial charge in [-0.15, -0.1) is 0 Å². The van der Waals surface area contributed by atoms with Crippen LogP contribution in [0.15, 0.2) is 71.3 Å². The van der Waals surface area contributed by atoms with Gasteiger partial charge in [0.2, 0.25) is 0 Å². The van der Waals surface area contributed by atoms with Gasteiger partial charge < -0.3 is 18.8 Å². The van der Waals surface area contributed by atoms with Crippen LogP contribution < -0.4 is 9.50 Å². The molecule has 7 nitrogen and oxygen atoms in total. The number of rotatable bonds is 8. The molecule has 8 heteroatoms. The molecule has 0 aliphatic rings. The van der Waals surface area contributed by atoms with E-state index >= 15 is 0 Å². The monoisotopic (exact) mass is 428 g/mol. The maximum absolute atomic E-state index is 13.0. The molecule has 0 radical (unpaired) electrons. The van der Waals surface area contributed by atoms with Gasteiger partial charge in [0.15, 0.2) is 0 Å². The minimum Gasteiger partial charge on any atom is -0.467 e. The van der Waals surface area contributed by atoms with Crippen molar-refractivity contribution < 1.29 is 21.8 Å². The Balaban J connectivity index is 1.77. The largest absolute Gasteiger partial charge is 0.467 e. The third-order valence-electron chi connectivity index (χ3n) is 4.40. The molecule has 2 amide bonds. The molecule has 1 N–H and O–H groups in total. The van der Waals surface area contributed by atoms with Crippen LogP contribution in [0, 0.1) is 0 Å². The van der Waals surface area contributed by atoms with Crippen LogP contribution in [0.3, 0.4) is 0 Å². The number of anilines is 1. The Labute approximate surface area is 176 Å². The topological polar surface area (TPSA) is 88.9 Å². The Morgan fingerprint density at radius 2 is 1.77 bits per heavy atom. The van der Waals surface area contributed by atoms with Crippen molar-refractivity contribution in [3.05, 3.63) is 83.8 Å². The summed E-state index contributed by atoms with van der Waals surface area (Å²) in [6.45, 7) is 2.63. The van der Waals surface area contributed by atoms with Gasteiger partial charge in [0, 0.05) is 12.2 Å². The maximum Gasteiger partial charge on any atom is 0.322 e. The predicted octanol–water partition coefficient (Wildman–Crippen LogP) is 4.41. The zero-order valence-electron chi connectivity index (χ0n) is 16.9. The number of nitrogens with one attached hydrogen (secondary N) is 1. The van der Waals surface area contributed by atoms with Gasteiger partial charge in [-0.3, -0.25) is 0 Å². The lowest BCUT2D eigenvalue weighted by atomic mass is 10.1. The van der Waals surface area contributed by atoms with Gasteiger partial charge in [0.05, 0.1) is 19.1 Å². The Morgan fingerprint density at radius 1 is 1.03 bits per heavy atom. The van der Waals surface area contributed by atoms with Crippen LogP contribution in [0.1, 0.15) is 23.8 Å². The standard InChI is InChI=1S/C22H24N2O5S/c1-3-18-7-4-5-9-21(18)23-22(25)24(16-20-8-6-14-28-20)15-17-10-12-19(13-11-17)29-30(2,26)27/h4-14H,3,15-16H2,1-2H3,(H,23,25). The SMILES string of the molecule is CCc1ccccc1NC(=O)N(Cc1ccc(OS(C)(=O)=O)cc1)Cc1ccco1. The molecule has 0 bridgehead atoms. The van der Waals surface area contributed by atoms with E-state index in [0.717, 1.165) is 29.5 Å². The first-order valence-electron chi connectivity index (χ1n) is 9.48. The van der Waals surface area contributed by atoms with Crippen molar-refractivity contribution in [2.24, 2.45) is 0 Å². The number of hydrogen-bond donors (Lipinski definition) is 1. The lowest BCUT2D eigenvalue weighted by molar-refractivity contribution is 0.201. The number of nitrogens with zero attached hydrogens (tertiary/aromatic N) is 1. The van der Waals surface area contributed by atoms with Crippen LogP contribution in [-0.2, 0) is 29.6 Å². The molecule has 3 rings (SSSR count). The molecule has 0 fully saturated rings. The first-order chi connectivity index (χ1) is 14.3. The maximum atomic E-state index is 13.0. The highest BCUT2D eigenvalue weighted by Gasteiger charge is 2.17. The van der Waals surface area contributed by atoms with Gasteiger partial charge in [0.25, 0.3) is 0 Å². The molecule has 0 atom stereocenters. The lowest BCUT2D eigenvalue weighted by Gasteiger charge is -2.23. The molecule has 0 saturated heterocycles. The van der Waals surface area contributed by atoms with Gasteiger partial charge in [-0.2, -0.15) is 8.42 Å². The Kier molecular flexibility index (Phi) is 6.79. The highest BCUT2D eigenvalue weighted by atomic mass is 32.2. The molecule has 0 aliphatic heterocycles. The van der Waals surface area contributed by atoms with Crippen molar-refractivity contribution in [3.63, 3.8) is 0 Å². The summed E-state index contributed by atoms with van der Waals surface area (Å²) in [4.78, 5) is 14.7. The average molecular weight is 429 g/mol. The van der Waals surface area contributed by atoms with Gasteiger partial charge in [-0.05, 0) is 47.9 Å². The van der Waals surface area contributed by atoms with Gasteiger partial charge >= 0.3 is 16.1 Å². The molecular formula is C22H24N2O5S. The molecular weight excluding hydrogens is 404 g/mol. The van der Waals surface area contributed by atoms with Crippen molar-refractivity contribution in [3.8, 4) is 5.75 Å². The third kappa shape index (κ3) is 6.12. The summed E-state index contributed by atoms with van der Waals surface area (Å²) in [6, 6.07) is 17.6. The molecule has 158 valence electrons. The van der Waals surface area contributed by atoms with Crippen molar-refractivity contribution in [1.29, 1.82) is 0 Å². The fraction of sp³-hybridized carbons (Fsp3) is 0.227. The Bertz CT molecular complexity index is 1080. The van der Waals surface area contributed by atoms with E-state index in [0.29, 0.717) is 12.3 Å². The summed E-state index contributed by atoms with van der Waals surface area (Å²) in [5, 5.41) is 2.98. The summed E-state index contributed by atoms with van der Waals surface area (Å²) in [5.41, 5.74) is 2.64. The number of hydrogen-bond acceptors (Lipinski definition) is 5. The van der Waals surface area contributed by atoms with Crippen LogP contribution in [0.25, 0.3) is 0 Å². The van der Waals surface area contributed by atoms with Crippen LogP contribution in [-0.4, -0.2) is 25.6 Å².